The van der Waals surface area contributed by atoms with E-state index in [0.717, 1.165) is 5.75 Å². The summed E-state index contributed by atoms with van der Waals surface area (Å²) in [5, 5.41) is 9.21. The number of carbonyl (C=O) groups is 1. The summed E-state index contributed by atoms with van der Waals surface area (Å²) >= 11 is 1.42. The van der Waals surface area contributed by atoms with E-state index in [0.29, 0.717) is 10.9 Å². The van der Waals surface area contributed by atoms with Crippen LogP contribution in [-0.4, -0.2) is 22.0 Å². The molecule has 3 N–H and O–H groups in total. The number of nitrogens with zero attached hydrogens (tertiary/aromatic N) is 1. The van der Waals surface area contributed by atoms with Crippen LogP contribution in [-0.2, 0) is 0 Å². The molecule has 16 heavy (non-hydrogen) atoms. The van der Waals surface area contributed by atoms with E-state index < -0.39 is 5.97 Å². The molecule has 4 nitrogen and oxygen atoms in total. The molecule has 0 aliphatic carbocycles. The van der Waals surface area contributed by atoms with Gasteiger partial charge in [0, 0.05) is 0 Å². The van der Waals surface area contributed by atoms with E-state index in [4.69, 9.17) is 10.8 Å². The van der Waals surface area contributed by atoms with Gasteiger partial charge >= 0.3 is 5.97 Å². The first-order valence-electron chi connectivity index (χ1n) is 4.43. The van der Waals surface area contributed by atoms with Crippen LogP contribution < -0.4 is 5.73 Å². The van der Waals surface area contributed by atoms with Crippen molar-refractivity contribution in [2.45, 2.75) is 6.92 Å². The number of aromatic carboxylic acids is 1. The minimum absolute atomic E-state index is 0. The third kappa shape index (κ3) is 4.84. The Morgan fingerprint density at radius 2 is 2.25 bits per heavy atom. The monoisotopic (exact) mass is 352 g/mol. The van der Waals surface area contributed by atoms with E-state index in [1.54, 1.807) is 12.1 Å². The van der Waals surface area contributed by atoms with Crippen molar-refractivity contribution in [1.29, 1.82) is 0 Å². The Morgan fingerprint density at radius 3 is 2.81 bits per heavy atom. The Morgan fingerprint density at radius 1 is 1.56 bits per heavy atom. The quantitative estimate of drug-likeness (QED) is 0.498. The zero-order valence-corrected chi connectivity index (χ0v) is 11.9. The van der Waals surface area contributed by atoms with Gasteiger partial charge in [0.2, 0.25) is 0 Å². The number of benzene rings is 1. The largest absolute Gasteiger partial charge is 0.478 e. The van der Waals surface area contributed by atoms with Crippen molar-refractivity contribution in [3.8, 4) is 0 Å². The number of carboxylic acids is 1. The Hall–Kier alpha value is -0.760. The summed E-state index contributed by atoms with van der Waals surface area (Å²) in [6, 6.07) is 6.37. The third-order valence-electron chi connectivity index (χ3n) is 1.62. The maximum Gasteiger partial charge on any atom is 0.335 e. The highest BCUT2D eigenvalue weighted by molar-refractivity contribution is 14.0. The molecule has 0 saturated heterocycles. The van der Waals surface area contributed by atoms with Crippen LogP contribution in [0.25, 0.3) is 0 Å². The highest BCUT2D eigenvalue weighted by atomic mass is 127. The number of nitrogens with two attached hydrogens (primary N) is 1. The molecular formula is C10H13IN2O2S. The van der Waals surface area contributed by atoms with Gasteiger partial charge in [-0.25, -0.2) is 9.79 Å². The molecule has 0 fully saturated rings. The van der Waals surface area contributed by atoms with Crippen LogP contribution >= 0.6 is 35.7 Å². The first-order valence-corrected chi connectivity index (χ1v) is 5.42. The summed E-state index contributed by atoms with van der Waals surface area (Å²) < 4.78 is 0. The lowest BCUT2D eigenvalue weighted by Crippen LogP contribution is -2.05. The van der Waals surface area contributed by atoms with Crippen molar-refractivity contribution in [3.05, 3.63) is 29.8 Å². The van der Waals surface area contributed by atoms with Crippen molar-refractivity contribution >= 4 is 52.6 Å². The van der Waals surface area contributed by atoms with Gasteiger partial charge in [-0.3, -0.25) is 0 Å². The molecule has 0 aliphatic heterocycles. The molecule has 0 aromatic heterocycles. The summed E-state index contributed by atoms with van der Waals surface area (Å²) in [5.74, 6) is -0.123. The average molecular weight is 352 g/mol. The molecule has 0 heterocycles. The van der Waals surface area contributed by atoms with Crippen molar-refractivity contribution in [2.75, 3.05) is 5.75 Å². The second kappa shape index (κ2) is 7.50. The van der Waals surface area contributed by atoms with Gasteiger partial charge in [-0.2, -0.15) is 0 Å². The lowest BCUT2D eigenvalue weighted by Gasteiger charge is -1.99. The normalized spacial score (nSPS) is 10.7. The fourth-order valence-electron chi connectivity index (χ4n) is 1.02. The molecule has 6 heteroatoms. The number of thioether (sulfide) groups is 1. The number of hydrogen-bond donors (Lipinski definition) is 2. The predicted molar refractivity (Wildman–Crippen MR) is 78.2 cm³/mol. The van der Waals surface area contributed by atoms with Crippen LogP contribution in [0.4, 0.5) is 5.69 Å². The Balaban J connectivity index is 0.00000225. The van der Waals surface area contributed by atoms with Gasteiger partial charge in [0.1, 0.15) is 0 Å². The van der Waals surface area contributed by atoms with Crippen LogP contribution in [0.1, 0.15) is 17.3 Å². The van der Waals surface area contributed by atoms with Crippen molar-refractivity contribution < 1.29 is 9.90 Å². The second-order valence-electron chi connectivity index (χ2n) is 2.74. The predicted octanol–water partition coefficient (Wildman–Crippen LogP) is 2.70. The van der Waals surface area contributed by atoms with Crippen LogP contribution in [0.5, 0.6) is 0 Å². The first-order chi connectivity index (χ1) is 7.13. The van der Waals surface area contributed by atoms with Crippen LogP contribution in [0.15, 0.2) is 29.3 Å². The molecule has 1 aromatic carbocycles. The van der Waals surface area contributed by atoms with Gasteiger partial charge in [-0.05, 0) is 24.0 Å². The van der Waals surface area contributed by atoms with E-state index in [2.05, 4.69) is 4.99 Å². The maximum atomic E-state index is 10.7. The third-order valence-corrected chi connectivity index (χ3v) is 2.30. The van der Waals surface area contributed by atoms with Gasteiger partial charge in [0.15, 0.2) is 5.17 Å². The number of aliphatic imine (C=N–C) groups is 1. The number of carboxylic acid groups (broad SMARTS) is 1. The molecular weight excluding hydrogens is 339 g/mol. The minimum atomic E-state index is -0.964. The Kier molecular flexibility index (Phi) is 7.15. The van der Waals surface area contributed by atoms with Gasteiger partial charge in [0.05, 0.1) is 11.3 Å². The molecule has 88 valence electrons. The van der Waals surface area contributed by atoms with Crippen LogP contribution in [0.3, 0.4) is 0 Å². The fourth-order valence-corrected chi connectivity index (χ4v) is 1.48. The number of amidine groups is 1. The van der Waals surface area contributed by atoms with Crippen LogP contribution in [0, 0.1) is 0 Å². The molecule has 1 aromatic rings. The SMILES string of the molecule is CCSC(N)=Nc1cccc(C(=O)O)c1.I. The molecule has 0 aliphatic rings. The summed E-state index contributed by atoms with van der Waals surface area (Å²) in [6.07, 6.45) is 0. The van der Waals surface area contributed by atoms with Gasteiger partial charge in [0.25, 0.3) is 0 Å². The van der Waals surface area contributed by atoms with Crippen molar-refractivity contribution in [2.24, 2.45) is 10.7 Å². The average Bonchev–Trinajstić information content (AvgIpc) is 2.18. The topological polar surface area (TPSA) is 75.7 Å². The Labute approximate surface area is 115 Å². The lowest BCUT2D eigenvalue weighted by molar-refractivity contribution is 0.0697. The van der Waals surface area contributed by atoms with E-state index >= 15 is 0 Å². The van der Waals surface area contributed by atoms with Crippen LogP contribution in [0.2, 0.25) is 0 Å². The molecule has 0 spiro atoms. The summed E-state index contributed by atoms with van der Waals surface area (Å²) in [7, 11) is 0. The molecule has 0 radical (unpaired) electrons. The number of halogens is 1. The standard InChI is InChI=1S/C10H12N2O2S.HI/c1-2-15-10(11)12-8-5-3-4-7(6-8)9(13)14;/h3-6H,2H2,1H3,(H2,11,12)(H,13,14);1H. The molecule has 0 amide bonds. The molecule has 0 bridgehead atoms. The van der Waals surface area contributed by atoms with Crippen molar-refractivity contribution in [1.82, 2.24) is 0 Å². The molecule has 0 unspecified atom stereocenters. The first kappa shape index (κ1) is 15.2. The number of rotatable bonds is 3. The van der Waals surface area contributed by atoms with Gasteiger partial charge in [-0.15, -0.1) is 24.0 Å². The smallest absolute Gasteiger partial charge is 0.335 e. The van der Waals surface area contributed by atoms with E-state index in [1.807, 2.05) is 6.92 Å². The number of hydrogen-bond acceptors (Lipinski definition) is 3. The summed E-state index contributed by atoms with van der Waals surface area (Å²) in [5.41, 5.74) is 6.38. The minimum Gasteiger partial charge on any atom is -0.478 e. The molecule has 0 atom stereocenters. The van der Waals surface area contributed by atoms with E-state index in [9.17, 15) is 4.79 Å². The highest BCUT2D eigenvalue weighted by Crippen LogP contribution is 2.15. The zero-order chi connectivity index (χ0) is 11.3. The molecule has 0 saturated carbocycles. The second-order valence-corrected chi connectivity index (χ2v) is 4.02. The molecule has 1 rings (SSSR count). The Bertz CT molecular complexity index is 396. The summed E-state index contributed by atoms with van der Waals surface area (Å²) in [4.78, 5) is 14.8. The zero-order valence-electron chi connectivity index (χ0n) is 8.71. The van der Waals surface area contributed by atoms with Crippen molar-refractivity contribution in [3.63, 3.8) is 0 Å². The van der Waals surface area contributed by atoms with Gasteiger partial charge in [-0.1, -0.05) is 24.8 Å². The lowest BCUT2D eigenvalue weighted by atomic mass is 10.2. The highest BCUT2D eigenvalue weighted by Gasteiger charge is 2.02. The van der Waals surface area contributed by atoms with E-state index in [-0.39, 0.29) is 29.5 Å². The van der Waals surface area contributed by atoms with Gasteiger partial charge < -0.3 is 10.8 Å². The summed E-state index contributed by atoms with van der Waals surface area (Å²) in [6.45, 7) is 1.97. The maximum absolute atomic E-state index is 10.7. The fraction of sp³-hybridized carbons (Fsp3) is 0.200. The van der Waals surface area contributed by atoms with E-state index in [1.165, 1.54) is 23.9 Å².